The lowest BCUT2D eigenvalue weighted by Crippen LogP contribution is -2.57. The fourth-order valence-corrected chi connectivity index (χ4v) is 18.4. The molecule has 5 N–H and O–H groups in total. The SMILES string of the molecule is C[C@@H]1[C@@H](C)C/C=C/[C@@](O)(C=O)[C@@H]2CC[C@H]2CN2C[C@@]3(CCCc4cc(Cl)ccc43)COc3ccc(cc32)C(=O)NS1(=O)=O.C[C@@H]1[C@@H](C)C/C=C/[C@@](O)(CNC(C)(C)C)[C@@H]2CC[C@H]2CN2C[C@@]3(CCCc4cc(Cl)ccc43)COc3ccc(cc32)C(=O)NS1(=O)=O. The van der Waals surface area contributed by atoms with Crippen LogP contribution in [0.4, 0.5) is 11.4 Å². The highest BCUT2D eigenvalue weighted by molar-refractivity contribution is 7.91. The van der Waals surface area contributed by atoms with E-state index in [4.69, 9.17) is 32.7 Å². The molecule has 0 radical (unpaired) electrons. The van der Waals surface area contributed by atoms with E-state index in [1.807, 2.05) is 37.3 Å². The Labute approximate surface area is 542 Å². The number of allylic oxidation sites excluding steroid dienone is 2. The highest BCUT2D eigenvalue weighted by Gasteiger charge is 2.51. The summed E-state index contributed by atoms with van der Waals surface area (Å²) in [6.07, 6.45) is 17.7. The number of ether oxygens (including phenoxy) is 2. The smallest absolute Gasteiger partial charge is 0.264 e. The van der Waals surface area contributed by atoms with Crippen molar-refractivity contribution in [3.05, 3.63) is 141 Å². The predicted octanol–water partition coefficient (Wildman–Crippen LogP) is 10.8. The quantitative estimate of drug-likeness (QED) is 0.0952. The van der Waals surface area contributed by atoms with E-state index >= 15 is 0 Å². The van der Waals surface area contributed by atoms with Crippen molar-refractivity contribution in [1.82, 2.24) is 14.8 Å². The van der Waals surface area contributed by atoms with Crippen molar-refractivity contribution in [2.24, 2.45) is 35.5 Å². The minimum Gasteiger partial charge on any atom is -0.490 e. The van der Waals surface area contributed by atoms with Crippen LogP contribution in [0, 0.1) is 35.5 Å². The zero-order chi connectivity index (χ0) is 64.3. The van der Waals surface area contributed by atoms with Gasteiger partial charge in [0.05, 0.1) is 40.7 Å². The number of amides is 2. The van der Waals surface area contributed by atoms with Gasteiger partial charge in [0.25, 0.3) is 11.8 Å². The molecule has 4 heterocycles. The van der Waals surface area contributed by atoms with Gasteiger partial charge < -0.3 is 34.8 Å². The number of β-amino-alcohol motifs (C(OH)–C–C–N with tert-alkyl or cyclic N) is 1. The van der Waals surface area contributed by atoms with Crippen LogP contribution in [-0.2, 0) is 48.5 Å². The number of rotatable bonds is 3. The first-order valence-electron chi connectivity index (χ1n) is 32.3. The Bertz CT molecular complexity index is 3710. The van der Waals surface area contributed by atoms with Crippen LogP contribution in [0.3, 0.4) is 0 Å². The van der Waals surface area contributed by atoms with Crippen LogP contribution in [0.25, 0.3) is 0 Å². The van der Waals surface area contributed by atoms with Crippen molar-refractivity contribution in [1.29, 1.82) is 0 Å². The summed E-state index contributed by atoms with van der Waals surface area (Å²) in [6, 6.07) is 22.5. The fourth-order valence-electron chi connectivity index (χ4n) is 15.4. The van der Waals surface area contributed by atoms with Gasteiger partial charge in [0.15, 0.2) is 6.29 Å². The van der Waals surface area contributed by atoms with Crippen molar-refractivity contribution >= 4 is 72.7 Å². The number of sulfonamides is 2. The average molecular weight is 1310 g/mol. The van der Waals surface area contributed by atoms with Gasteiger partial charge in [-0.15, -0.1) is 0 Å². The van der Waals surface area contributed by atoms with E-state index in [2.05, 4.69) is 63.5 Å². The number of hydrogen-bond donors (Lipinski definition) is 5. The third-order valence-corrected chi connectivity index (χ3v) is 25.8. The average Bonchev–Trinajstić information content (AvgIpc) is 1.45. The zero-order valence-corrected chi connectivity index (χ0v) is 56.0. The number of nitrogens with zero attached hydrogens (tertiary/aromatic N) is 2. The molecule has 4 aromatic rings. The van der Waals surface area contributed by atoms with E-state index in [1.54, 1.807) is 63.2 Å². The second kappa shape index (κ2) is 25.4. The summed E-state index contributed by atoms with van der Waals surface area (Å²) in [5, 5.41) is 27.1. The summed E-state index contributed by atoms with van der Waals surface area (Å²) in [4.78, 5) is 43.7. The van der Waals surface area contributed by atoms with Gasteiger partial charge in [0.1, 0.15) is 17.1 Å². The summed E-state index contributed by atoms with van der Waals surface area (Å²) < 4.78 is 70.9. The number of fused-ring (bicyclic) bond motifs is 8. The second-order valence-corrected chi connectivity index (χ2v) is 33.6. The van der Waals surface area contributed by atoms with Gasteiger partial charge in [-0.1, -0.05) is 67.4 Å². The monoisotopic (exact) mass is 1310 g/mol. The van der Waals surface area contributed by atoms with Crippen molar-refractivity contribution in [2.75, 3.05) is 55.7 Å². The van der Waals surface area contributed by atoms with Gasteiger partial charge >= 0.3 is 0 Å². The Morgan fingerprint density at radius 1 is 0.644 bits per heavy atom. The van der Waals surface area contributed by atoms with Crippen LogP contribution in [0.15, 0.2) is 97.1 Å². The molecule has 486 valence electrons. The van der Waals surface area contributed by atoms with Gasteiger partial charge in [-0.2, -0.15) is 0 Å². The molecule has 0 aromatic heterocycles. The number of aliphatic hydroxyl groups is 2. The summed E-state index contributed by atoms with van der Waals surface area (Å²) in [5.41, 5.74) is 3.31. The van der Waals surface area contributed by atoms with Crippen molar-refractivity contribution in [3.8, 4) is 11.5 Å². The number of nitrogens with one attached hydrogen (secondary N) is 3. The third-order valence-electron chi connectivity index (χ3n) is 21.5. The number of carbonyl (C=O) groups excluding carboxylic acids is 3. The third kappa shape index (κ3) is 13.4. The lowest BCUT2D eigenvalue weighted by Gasteiger charge is -2.49. The number of hydrogen-bond acceptors (Lipinski definition) is 14. The predicted molar refractivity (Wildman–Crippen MR) is 354 cm³/mol. The first-order valence-corrected chi connectivity index (χ1v) is 36.1. The van der Waals surface area contributed by atoms with Crippen LogP contribution < -0.4 is 34.0 Å². The van der Waals surface area contributed by atoms with Crippen LogP contribution >= 0.6 is 23.2 Å². The second-order valence-electron chi connectivity index (χ2n) is 28.7. The lowest BCUT2D eigenvalue weighted by molar-refractivity contribution is -0.130. The van der Waals surface area contributed by atoms with Gasteiger partial charge in [-0.25, -0.2) is 26.3 Å². The minimum atomic E-state index is -4.00. The first kappa shape index (κ1) is 66.0. The summed E-state index contributed by atoms with van der Waals surface area (Å²) in [7, 11) is -7.97. The molecule has 8 aliphatic rings. The molecule has 16 nitrogen and oxygen atoms in total. The van der Waals surface area contributed by atoms with Crippen LogP contribution in [-0.4, -0.2) is 118 Å². The Morgan fingerprint density at radius 2 is 1.10 bits per heavy atom. The molecule has 4 aliphatic heterocycles. The number of carbonyl (C=O) groups is 3. The Morgan fingerprint density at radius 3 is 1.53 bits per heavy atom. The zero-order valence-electron chi connectivity index (χ0n) is 52.9. The lowest BCUT2D eigenvalue weighted by atomic mass is 9.63. The van der Waals surface area contributed by atoms with Crippen molar-refractivity contribution < 1.29 is 50.9 Å². The Hall–Kier alpha value is -5.47. The molecule has 12 rings (SSSR count). The van der Waals surface area contributed by atoms with Crippen molar-refractivity contribution in [2.45, 2.75) is 164 Å². The van der Waals surface area contributed by atoms with Crippen LogP contribution in [0.2, 0.25) is 10.0 Å². The van der Waals surface area contributed by atoms with E-state index in [0.29, 0.717) is 93.7 Å². The molecular weight excluding hydrogens is 1220 g/mol. The maximum absolute atomic E-state index is 13.5. The maximum Gasteiger partial charge on any atom is 0.264 e. The molecule has 2 spiro atoms. The van der Waals surface area contributed by atoms with Gasteiger partial charge in [-0.3, -0.25) is 14.4 Å². The maximum atomic E-state index is 13.5. The normalized spacial score (nSPS) is 33.7. The number of aryl methyl sites for hydroxylation is 2. The molecule has 2 amide bonds. The molecule has 2 saturated carbocycles. The standard InChI is InChI=1S/C37H50ClN3O5S.C33H39ClN2O6S/c1-24-8-6-17-37(43,21-39-35(3,4)5)31-13-10-28(31)20-41-22-36(16-7-9-26-18-29(38)12-14-30(26)36)23-46-33-15-11-27(19-32(33)41)34(42)40-47(44,45)25(24)2;1-21-5-3-14-33(39,19-37)28-10-7-25(28)17-36-18-32(13-4-6-23-15-26(34)9-11-27(23)32)20-42-30-12-8-24(16-29(30)36)31(38)35-43(40,41)22(21)2/h6,11-12,14-15,17-19,24-25,28,31,39,43H,7-10,13,16,20-23H2,1-5H3,(H,40,42);3,8-9,11-12,14-16,19,21-22,25,28,39H,4-7,10,13,17-18,20H2,1-2H3,(H,35,38)/b17-6+;14-3+/t24-,25+,28-,31+,36-,37+;21-,22+,25-,28+,32-,33+/m00/s1. The summed E-state index contributed by atoms with van der Waals surface area (Å²) in [5.74, 6) is -0.725. The molecule has 4 bridgehead atoms. The molecule has 0 unspecified atom stereocenters. The molecule has 4 aliphatic carbocycles. The largest absolute Gasteiger partial charge is 0.490 e. The number of benzene rings is 4. The molecule has 90 heavy (non-hydrogen) atoms. The van der Waals surface area contributed by atoms with Crippen LogP contribution in [0.1, 0.15) is 156 Å². The highest BCUT2D eigenvalue weighted by atomic mass is 35.5. The van der Waals surface area contributed by atoms with Gasteiger partial charge in [-0.05, 0) is 230 Å². The Balaban J connectivity index is 0.000000186. The van der Waals surface area contributed by atoms with Crippen molar-refractivity contribution in [3.63, 3.8) is 0 Å². The molecule has 20 heteroatoms. The van der Waals surface area contributed by atoms with E-state index < -0.39 is 53.6 Å². The molecular formula is C70H89Cl2N5O11S2. The summed E-state index contributed by atoms with van der Waals surface area (Å²) >= 11 is 12.8. The van der Waals surface area contributed by atoms with Gasteiger partial charge in [0.2, 0.25) is 20.0 Å². The minimum absolute atomic E-state index is 0.00506. The van der Waals surface area contributed by atoms with E-state index in [1.165, 1.54) is 28.3 Å². The van der Waals surface area contributed by atoms with Crippen LogP contribution in [0.5, 0.6) is 11.5 Å². The fraction of sp³-hybridized carbons (Fsp3) is 0.557. The van der Waals surface area contributed by atoms with Gasteiger partial charge in [0, 0.05) is 76.2 Å². The topological polar surface area (TPSA) is 221 Å². The Kier molecular flexibility index (Phi) is 18.7. The van der Waals surface area contributed by atoms with E-state index in [-0.39, 0.29) is 63.0 Å². The number of anilines is 2. The molecule has 4 aromatic carbocycles. The number of halogens is 2. The molecule has 2 fully saturated rings. The number of aldehydes is 1. The molecule has 0 saturated heterocycles. The molecule has 12 atom stereocenters. The highest BCUT2D eigenvalue weighted by Crippen LogP contribution is 2.51. The van der Waals surface area contributed by atoms with E-state index in [9.17, 15) is 41.4 Å². The van der Waals surface area contributed by atoms with E-state index in [0.717, 1.165) is 68.5 Å². The summed E-state index contributed by atoms with van der Waals surface area (Å²) in [6.45, 7) is 16.9. The first-order chi connectivity index (χ1) is 42.5.